The van der Waals surface area contributed by atoms with Crippen molar-refractivity contribution in [3.05, 3.63) is 0 Å². The number of carboxylic acid groups (broad SMARTS) is 1. The SMILES string of the molecule is O=C(O)C1CCCC1S(=O)(=O)N1CCCN2CCCC2C1. The first kappa shape index (κ1) is 15.2. The Morgan fingerprint density at radius 2 is 1.76 bits per heavy atom. The fourth-order valence-corrected chi connectivity index (χ4v) is 6.44. The molecule has 3 fully saturated rings. The van der Waals surface area contributed by atoms with E-state index in [1.54, 1.807) is 4.31 Å². The van der Waals surface area contributed by atoms with Crippen LogP contribution >= 0.6 is 0 Å². The molecule has 3 unspecified atom stereocenters. The lowest BCUT2D eigenvalue weighted by atomic mass is 10.1. The standard InChI is InChI=1S/C14H24N2O4S/c17-14(18)12-5-1-6-13(12)21(19,20)16-9-3-8-15-7-2-4-11(15)10-16/h11-13H,1-10H2,(H,17,18). The number of carbonyl (C=O) groups is 1. The second-order valence-electron chi connectivity index (χ2n) is 6.50. The molecule has 3 aliphatic rings. The Balaban J connectivity index is 1.79. The van der Waals surface area contributed by atoms with Gasteiger partial charge in [0.05, 0.1) is 11.2 Å². The third kappa shape index (κ3) is 2.83. The molecule has 3 rings (SSSR count). The zero-order valence-electron chi connectivity index (χ0n) is 12.3. The van der Waals surface area contributed by atoms with Crippen LogP contribution in [0.5, 0.6) is 0 Å². The molecule has 2 heterocycles. The van der Waals surface area contributed by atoms with Gasteiger partial charge < -0.3 is 5.11 Å². The largest absolute Gasteiger partial charge is 0.481 e. The molecule has 6 nitrogen and oxygen atoms in total. The van der Waals surface area contributed by atoms with E-state index in [0.717, 1.165) is 32.4 Å². The van der Waals surface area contributed by atoms with Crippen molar-refractivity contribution < 1.29 is 18.3 Å². The monoisotopic (exact) mass is 316 g/mol. The van der Waals surface area contributed by atoms with E-state index >= 15 is 0 Å². The van der Waals surface area contributed by atoms with Crippen LogP contribution in [0.3, 0.4) is 0 Å². The topological polar surface area (TPSA) is 77.9 Å². The highest BCUT2D eigenvalue weighted by molar-refractivity contribution is 7.89. The summed E-state index contributed by atoms with van der Waals surface area (Å²) in [6.07, 6.45) is 4.72. The first-order valence-electron chi connectivity index (χ1n) is 7.96. The van der Waals surface area contributed by atoms with E-state index in [4.69, 9.17) is 0 Å². The van der Waals surface area contributed by atoms with Gasteiger partial charge in [-0.1, -0.05) is 6.42 Å². The van der Waals surface area contributed by atoms with Gasteiger partial charge in [0.1, 0.15) is 0 Å². The van der Waals surface area contributed by atoms with Crippen LogP contribution in [0.1, 0.15) is 38.5 Å². The van der Waals surface area contributed by atoms with Crippen molar-refractivity contribution in [2.45, 2.75) is 49.8 Å². The van der Waals surface area contributed by atoms with Gasteiger partial charge in [-0.3, -0.25) is 9.69 Å². The third-order valence-electron chi connectivity index (χ3n) is 5.28. The molecule has 1 saturated carbocycles. The van der Waals surface area contributed by atoms with Crippen molar-refractivity contribution in [2.24, 2.45) is 5.92 Å². The normalized spacial score (nSPS) is 35.5. The first-order chi connectivity index (χ1) is 10.00. The Morgan fingerprint density at radius 3 is 2.52 bits per heavy atom. The van der Waals surface area contributed by atoms with E-state index in [2.05, 4.69) is 4.90 Å². The Morgan fingerprint density at radius 1 is 1.00 bits per heavy atom. The quantitative estimate of drug-likeness (QED) is 0.831. The highest BCUT2D eigenvalue weighted by Crippen LogP contribution is 2.34. The molecule has 0 spiro atoms. The van der Waals surface area contributed by atoms with Gasteiger partial charge in [0, 0.05) is 19.1 Å². The molecule has 3 atom stereocenters. The highest BCUT2D eigenvalue weighted by atomic mass is 32.2. The van der Waals surface area contributed by atoms with Crippen LogP contribution < -0.4 is 0 Å². The van der Waals surface area contributed by atoms with Crippen molar-refractivity contribution in [2.75, 3.05) is 26.2 Å². The summed E-state index contributed by atoms with van der Waals surface area (Å²) < 4.78 is 27.4. The van der Waals surface area contributed by atoms with Crippen LogP contribution in [0.2, 0.25) is 0 Å². The molecular formula is C14H24N2O4S. The maximum Gasteiger partial charge on any atom is 0.307 e. The number of fused-ring (bicyclic) bond motifs is 1. The summed E-state index contributed by atoms with van der Waals surface area (Å²) in [7, 11) is -3.49. The van der Waals surface area contributed by atoms with Gasteiger partial charge in [-0.05, 0) is 45.2 Å². The minimum Gasteiger partial charge on any atom is -0.481 e. The van der Waals surface area contributed by atoms with Crippen molar-refractivity contribution in [3.63, 3.8) is 0 Å². The molecule has 120 valence electrons. The predicted octanol–water partition coefficient (Wildman–Crippen LogP) is 0.740. The molecule has 0 aromatic carbocycles. The average molecular weight is 316 g/mol. The minimum absolute atomic E-state index is 0.326. The summed E-state index contributed by atoms with van der Waals surface area (Å²) in [6, 6.07) is 0.326. The molecule has 2 saturated heterocycles. The van der Waals surface area contributed by atoms with E-state index in [-0.39, 0.29) is 0 Å². The van der Waals surface area contributed by atoms with Gasteiger partial charge in [-0.15, -0.1) is 0 Å². The Hall–Kier alpha value is -0.660. The van der Waals surface area contributed by atoms with Crippen LogP contribution in [0.15, 0.2) is 0 Å². The summed E-state index contributed by atoms with van der Waals surface area (Å²) >= 11 is 0. The van der Waals surface area contributed by atoms with Crippen LogP contribution in [0.25, 0.3) is 0 Å². The fourth-order valence-electron chi connectivity index (χ4n) is 4.16. The molecule has 1 N–H and O–H groups in total. The molecule has 2 aliphatic heterocycles. The summed E-state index contributed by atoms with van der Waals surface area (Å²) in [6.45, 7) is 3.12. The van der Waals surface area contributed by atoms with E-state index in [0.29, 0.717) is 38.4 Å². The lowest BCUT2D eigenvalue weighted by Crippen LogP contribution is -2.45. The van der Waals surface area contributed by atoms with Crippen LogP contribution in [0, 0.1) is 5.92 Å². The van der Waals surface area contributed by atoms with Gasteiger partial charge in [-0.2, -0.15) is 0 Å². The Kier molecular flexibility index (Phi) is 4.25. The molecule has 0 amide bonds. The number of rotatable bonds is 3. The molecule has 0 aromatic heterocycles. The van der Waals surface area contributed by atoms with Gasteiger partial charge in [0.2, 0.25) is 10.0 Å². The molecule has 21 heavy (non-hydrogen) atoms. The number of hydrogen-bond acceptors (Lipinski definition) is 4. The summed E-state index contributed by atoms with van der Waals surface area (Å²) in [4.78, 5) is 13.7. The number of nitrogens with zero attached hydrogens (tertiary/aromatic N) is 2. The fraction of sp³-hybridized carbons (Fsp3) is 0.929. The second kappa shape index (κ2) is 5.85. The highest BCUT2D eigenvalue weighted by Gasteiger charge is 2.45. The van der Waals surface area contributed by atoms with Gasteiger partial charge in [0.15, 0.2) is 0 Å². The smallest absolute Gasteiger partial charge is 0.307 e. The van der Waals surface area contributed by atoms with Crippen molar-refractivity contribution in [3.8, 4) is 0 Å². The first-order valence-corrected chi connectivity index (χ1v) is 9.46. The Bertz CT molecular complexity index is 507. The van der Waals surface area contributed by atoms with E-state index in [1.807, 2.05) is 0 Å². The zero-order chi connectivity index (χ0) is 15.0. The summed E-state index contributed by atoms with van der Waals surface area (Å²) in [5.41, 5.74) is 0. The number of carboxylic acids is 1. The van der Waals surface area contributed by atoms with Crippen LogP contribution in [-0.4, -0.2) is 66.2 Å². The van der Waals surface area contributed by atoms with E-state index in [1.165, 1.54) is 0 Å². The number of hydrogen-bond donors (Lipinski definition) is 1. The molecular weight excluding hydrogens is 292 g/mol. The van der Waals surface area contributed by atoms with E-state index in [9.17, 15) is 18.3 Å². The lowest BCUT2D eigenvalue weighted by molar-refractivity contribution is -0.141. The summed E-state index contributed by atoms with van der Waals surface area (Å²) in [5.74, 6) is -1.68. The maximum absolute atomic E-state index is 12.9. The third-order valence-corrected chi connectivity index (χ3v) is 7.66. The van der Waals surface area contributed by atoms with Gasteiger partial charge in [0.25, 0.3) is 0 Å². The van der Waals surface area contributed by atoms with Crippen LogP contribution in [0.4, 0.5) is 0 Å². The number of aliphatic carboxylic acids is 1. The van der Waals surface area contributed by atoms with Crippen molar-refractivity contribution in [1.82, 2.24) is 9.21 Å². The van der Waals surface area contributed by atoms with Crippen molar-refractivity contribution in [1.29, 1.82) is 0 Å². The zero-order valence-corrected chi connectivity index (χ0v) is 13.1. The predicted molar refractivity (Wildman–Crippen MR) is 78.5 cm³/mol. The molecule has 0 radical (unpaired) electrons. The minimum atomic E-state index is -3.49. The van der Waals surface area contributed by atoms with Crippen LogP contribution in [-0.2, 0) is 14.8 Å². The summed E-state index contributed by atoms with van der Waals surface area (Å²) in [5, 5.41) is 8.54. The maximum atomic E-state index is 12.9. The average Bonchev–Trinajstić information content (AvgIpc) is 3.04. The lowest BCUT2D eigenvalue weighted by Gasteiger charge is -2.28. The second-order valence-corrected chi connectivity index (χ2v) is 8.65. The Labute approximate surface area is 126 Å². The molecule has 7 heteroatoms. The van der Waals surface area contributed by atoms with Gasteiger partial charge >= 0.3 is 5.97 Å². The molecule has 1 aliphatic carbocycles. The molecule has 0 bridgehead atoms. The molecule has 0 aromatic rings. The number of sulfonamides is 1. The van der Waals surface area contributed by atoms with Gasteiger partial charge in [-0.25, -0.2) is 12.7 Å². The van der Waals surface area contributed by atoms with E-state index < -0.39 is 27.2 Å². The van der Waals surface area contributed by atoms with Crippen molar-refractivity contribution >= 4 is 16.0 Å².